The third-order valence-electron chi connectivity index (χ3n) is 1.72. The van der Waals surface area contributed by atoms with E-state index in [0.717, 1.165) is 11.5 Å². The maximum Gasteiger partial charge on any atom is 0.127 e. The molecule has 0 bridgehead atoms. The molecule has 0 aliphatic carbocycles. The summed E-state index contributed by atoms with van der Waals surface area (Å²) in [6.45, 7) is 0. The molecular weight excluding hydrogens is 174 g/mol. The molecular formula is C12H10Li2O. The molecule has 0 aliphatic rings. The molecule has 3 heteroatoms. The van der Waals surface area contributed by atoms with Gasteiger partial charge in [-0.15, -0.1) is 0 Å². The van der Waals surface area contributed by atoms with Gasteiger partial charge in [-0.3, -0.25) is 0 Å². The Kier molecular flexibility index (Phi) is 7.40. The Bertz CT molecular complexity index is 324. The summed E-state index contributed by atoms with van der Waals surface area (Å²) >= 11 is 0. The standard InChI is InChI=1S/C12H10O.2Li/c1-3-7-11(8-4-1)13-12-9-5-2-6-10-12;;/h1-10H;;. The molecule has 0 atom stereocenters. The summed E-state index contributed by atoms with van der Waals surface area (Å²) in [6.07, 6.45) is 0. The second kappa shape index (κ2) is 7.69. The van der Waals surface area contributed by atoms with Crippen molar-refractivity contribution in [2.75, 3.05) is 0 Å². The zero-order valence-electron chi connectivity index (χ0n) is 9.18. The van der Waals surface area contributed by atoms with Gasteiger partial charge in [-0.2, -0.15) is 0 Å². The molecule has 2 rings (SSSR count). The van der Waals surface area contributed by atoms with Crippen molar-refractivity contribution in [1.82, 2.24) is 0 Å². The topological polar surface area (TPSA) is 9.23 Å². The number of hydrogen-bond acceptors (Lipinski definition) is 1. The van der Waals surface area contributed by atoms with Crippen molar-refractivity contribution < 1.29 is 4.74 Å². The van der Waals surface area contributed by atoms with E-state index >= 15 is 0 Å². The minimum absolute atomic E-state index is 0. The van der Waals surface area contributed by atoms with Crippen LogP contribution in [-0.4, -0.2) is 37.7 Å². The molecule has 2 aromatic carbocycles. The van der Waals surface area contributed by atoms with Crippen LogP contribution in [0.1, 0.15) is 0 Å². The van der Waals surface area contributed by atoms with Crippen molar-refractivity contribution in [2.45, 2.75) is 0 Å². The van der Waals surface area contributed by atoms with E-state index in [0.29, 0.717) is 0 Å². The molecule has 0 aliphatic heterocycles. The van der Waals surface area contributed by atoms with Gasteiger partial charge in [0, 0.05) is 37.7 Å². The molecule has 0 unspecified atom stereocenters. The summed E-state index contributed by atoms with van der Waals surface area (Å²) in [5.41, 5.74) is 0. The van der Waals surface area contributed by atoms with E-state index in [1.165, 1.54) is 0 Å². The van der Waals surface area contributed by atoms with Gasteiger partial charge in [0.15, 0.2) is 0 Å². The molecule has 66 valence electrons. The van der Waals surface area contributed by atoms with Gasteiger partial charge in [0.05, 0.1) is 0 Å². The van der Waals surface area contributed by atoms with Gasteiger partial charge in [-0.1, -0.05) is 36.4 Å². The van der Waals surface area contributed by atoms with Crippen LogP contribution in [-0.2, 0) is 0 Å². The van der Waals surface area contributed by atoms with Crippen molar-refractivity contribution >= 4 is 37.7 Å². The number of hydrogen-bond donors (Lipinski definition) is 0. The molecule has 2 radical (unpaired) electrons. The predicted molar refractivity (Wildman–Crippen MR) is 64.5 cm³/mol. The van der Waals surface area contributed by atoms with Gasteiger partial charge < -0.3 is 4.74 Å². The Morgan fingerprint density at radius 2 is 0.867 bits per heavy atom. The molecule has 0 amide bonds. The fourth-order valence-electron chi connectivity index (χ4n) is 1.11. The molecule has 0 heterocycles. The Balaban J connectivity index is 0.000000980. The first kappa shape index (κ1) is 14.4. The summed E-state index contributed by atoms with van der Waals surface area (Å²) in [5, 5.41) is 0. The third-order valence-corrected chi connectivity index (χ3v) is 1.72. The van der Waals surface area contributed by atoms with E-state index in [1.807, 2.05) is 60.7 Å². The van der Waals surface area contributed by atoms with Crippen LogP contribution in [0.2, 0.25) is 0 Å². The van der Waals surface area contributed by atoms with Crippen LogP contribution in [0.25, 0.3) is 0 Å². The summed E-state index contributed by atoms with van der Waals surface area (Å²) < 4.78 is 5.58. The second-order valence-electron chi connectivity index (χ2n) is 2.73. The van der Waals surface area contributed by atoms with Crippen LogP contribution in [0, 0.1) is 0 Å². The number of rotatable bonds is 2. The maximum absolute atomic E-state index is 5.58. The summed E-state index contributed by atoms with van der Waals surface area (Å²) in [4.78, 5) is 0. The fraction of sp³-hybridized carbons (Fsp3) is 0. The molecule has 0 aromatic heterocycles. The molecule has 0 spiro atoms. The van der Waals surface area contributed by atoms with Gasteiger partial charge in [-0.05, 0) is 24.3 Å². The van der Waals surface area contributed by atoms with Gasteiger partial charge in [-0.25, -0.2) is 0 Å². The summed E-state index contributed by atoms with van der Waals surface area (Å²) in [5.74, 6) is 1.74. The monoisotopic (exact) mass is 184 g/mol. The molecule has 0 fully saturated rings. The predicted octanol–water partition coefficient (Wildman–Crippen LogP) is 2.72. The normalized spacial score (nSPS) is 8.27. The second-order valence-corrected chi connectivity index (χ2v) is 2.73. The molecule has 15 heavy (non-hydrogen) atoms. The average molecular weight is 184 g/mol. The summed E-state index contributed by atoms with van der Waals surface area (Å²) in [6, 6.07) is 19.5. The van der Waals surface area contributed by atoms with Crippen molar-refractivity contribution in [3.63, 3.8) is 0 Å². The molecule has 0 saturated heterocycles. The van der Waals surface area contributed by atoms with E-state index in [9.17, 15) is 0 Å². The Hall–Kier alpha value is -0.565. The Morgan fingerprint density at radius 1 is 0.533 bits per heavy atom. The van der Waals surface area contributed by atoms with Gasteiger partial charge >= 0.3 is 0 Å². The van der Waals surface area contributed by atoms with Crippen LogP contribution in [0.5, 0.6) is 11.5 Å². The van der Waals surface area contributed by atoms with E-state index < -0.39 is 0 Å². The zero-order valence-corrected chi connectivity index (χ0v) is 9.18. The van der Waals surface area contributed by atoms with Gasteiger partial charge in [0.1, 0.15) is 11.5 Å². The average Bonchev–Trinajstić information content (AvgIpc) is 2.21. The van der Waals surface area contributed by atoms with Crippen molar-refractivity contribution in [3.05, 3.63) is 60.7 Å². The quantitative estimate of drug-likeness (QED) is 0.652. The Morgan fingerprint density at radius 3 is 1.20 bits per heavy atom. The Labute approximate surface area is 114 Å². The van der Waals surface area contributed by atoms with Crippen molar-refractivity contribution in [1.29, 1.82) is 0 Å². The fourth-order valence-corrected chi connectivity index (χ4v) is 1.11. The minimum Gasteiger partial charge on any atom is -0.457 e. The van der Waals surface area contributed by atoms with Crippen molar-refractivity contribution in [3.8, 4) is 11.5 Å². The smallest absolute Gasteiger partial charge is 0.127 e. The zero-order chi connectivity index (χ0) is 8.93. The van der Waals surface area contributed by atoms with Crippen LogP contribution < -0.4 is 4.74 Å². The molecule has 2 aromatic rings. The molecule has 0 saturated carbocycles. The van der Waals surface area contributed by atoms with Crippen LogP contribution in [0.4, 0.5) is 0 Å². The van der Waals surface area contributed by atoms with E-state index in [2.05, 4.69) is 0 Å². The van der Waals surface area contributed by atoms with Crippen LogP contribution >= 0.6 is 0 Å². The summed E-state index contributed by atoms with van der Waals surface area (Å²) in [7, 11) is 0. The van der Waals surface area contributed by atoms with Crippen LogP contribution in [0.3, 0.4) is 0 Å². The first-order valence-electron chi connectivity index (χ1n) is 4.23. The maximum atomic E-state index is 5.58. The van der Waals surface area contributed by atoms with E-state index in [-0.39, 0.29) is 37.7 Å². The third kappa shape index (κ3) is 4.65. The first-order chi connectivity index (χ1) is 6.45. The van der Waals surface area contributed by atoms with E-state index in [4.69, 9.17) is 4.74 Å². The molecule has 0 N–H and O–H groups in total. The van der Waals surface area contributed by atoms with E-state index in [1.54, 1.807) is 0 Å². The minimum atomic E-state index is 0. The number of para-hydroxylation sites is 2. The van der Waals surface area contributed by atoms with Gasteiger partial charge in [0.25, 0.3) is 0 Å². The van der Waals surface area contributed by atoms with Crippen LogP contribution in [0.15, 0.2) is 60.7 Å². The first-order valence-corrected chi connectivity index (χ1v) is 4.23. The largest absolute Gasteiger partial charge is 0.457 e. The van der Waals surface area contributed by atoms with Crippen molar-refractivity contribution in [2.24, 2.45) is 0 Å². The van der Waals surface area contributed by atoms with Gasteiger partial charge in [0.2, 0.25) is 0 Å². The molecule has 1 nitrogen and oxygen atoms in total. The SMILES string of the molecule is [Li].[Li].c1ccc(Oc2ccccc2)cc1. The number of benzene rings is 2. The number of ether oxygens (including phenoxy) is 1.